The Hall–Kier alpha value is -2.67. The lowest BCUT2D eigenvalue weighted by Gasteiger charge is -2.19. The molecular formula is C21H25N5OS. The van der Waals surface area contributed by atoms with Gasteiger partial charge in [-0.2, -0.15) is 0 Å². The molecule has 0 aliphatic heterocycles. The largest absolute Gasteiger partial charge is 0.325 e. The van der Waals surface area contributed by atoms with Gasteiger partial charge in [0.1, 0.15) is 0 Å². The number of thioether (sulfide) groups is 1. The van der Waals surface area contributed by atoms with Crippen molar-refractivity contribution >= 4 is 23.4 Å². The van der Waals surface area contributed by atoms with Crippen molar-refractivity contribution in [3.8, 4) is 11.4 Å². The van der Waals surface area contributed by atoms with Gasteiger partial charge >= 0.3 is 0 Å². The maximum atomic E-state index is 12.6. The lowest BCUT2D eigenvalue weighted by atomic mass is 9.87. The molecule has 7 heteroatoms. The number of pyridine rings is 1. The van der Waals surface area contributed by atoms with E-state index in [1.807, 2.05) is 42.8 Å². The van der Waals surface area contributed by atoms with E-state index in [-0.39, 0.29) is 16.6 Å². The summed E-state index contributed by atoms with van der Waals surface area (Å²) in [5.74, 6) is 0.653. The fourth-order valence-corrected chi connectivity index (χ4v) is 3.49. The minimum atomic E-state index is -0.313. The van der Waals surface area contributed by atoms with Gasteiger partial charge < -0.3 is 9.88 Å². The van der Waals surface area contributed by atoms with Crippen LogP contribution in [0.2, 0.25) is 0 Å². The van der Waals surface area contributed by atoms with Crippen molar-refractivity contribution in [1.82, 2.24) is 19.7 Å². The summed E-state index contributed by atoms with van der Waals surface area (Å²) in [4.78, 5) is 16.7. The average molecular weight is 396 g/mol. The predicted molar refractivity (Wildman–Crippen MR) is 113 cm³/mol. The van der Waals surface area contributed by atoms with Crippen LogP contribution in [0.25, 0.3) is 11.4 Å². The maximum Gasteiger partial charge on any atom is 0.237 e. The molecular weight excluding hydrogens is 370 g/mol. The van der Waals surface area contributed by atoms with Crippen molar-refractivity contribution in [3.05, 3.63) is 54.4 Å². The van der Waals surface area contributed by atoms with E-state index in [9.17, 15) is 4.79 Å². The molecule has 0 aliphatic carbocycles. The molecule has 146 valence electrons. The Balaban J connectivity index is 1.66. The summed E-state index contributed by atoms with van der Waals surface area (Å²) in [6.45, 7) is 8.36. The number of carbonyl (C=O) groups excluding carboxylic acids is 1. The second-order valence-electron chi connectivity index (χ2n) is 7.68. The van der Waals surface area contributed by atoms with Gasteiger partial charge in [-0.05, 0) is 42.2 Å². The van der Waals surface area contributed by atoms with E-state index in [1.54, 1.807) is 12.4 Å². The van der Waals surface area contributed by atoms with Crippen LogP contribution in [0.1, 0.15) is 33.3 Å². The topological polar surface area (TPSA) is 72.7 Å². The van der Waals surface area contributed by atoms with Gasteiger partial charge in [0.05, 0.1) is 5.25 Å². The molecule has 1 N–H and O–H groups in total. The van der Waals surface area contributed by atoms with Gasteiger partial charge in [0.2, 0.25) is 5.91 Å². The van der Waals surface area contributed by atoms with Gasteiger partial charge in [0, 0.05) is 30.7 Å². The second-order valence-corrected chi connectivity index (χ2v) is 8.99. The lowest BCUT2D eigenvalue weighted by molar-refractivity contribution is -0.115. The molecule has 0 spiro atoms. The number of amides is 1. The number of carbonyl (C=O) groups is 1. The van der Waals surface area contributed by atoms with Gasteiger partial charge in [-0.15, -0.1) is 10.2 Å². The highest BCUT2D eigenvalue weighted by Gasteiger charge is 2.20. The summed E-state index contributed by atoms with van der Waals surface area (Å²) in [5, 5.41) is 11.8. The quantitative estimate of drug-likeness (QED) is 0.652. The first-order chi connectivity index (χ1) is 13.3. The van der Waals surface area contributed by atoms with Crippen LogP contribution in [0, 0.1) is 0 Å². The highest BCUT2D eigenvalue weighted by molar-refractivity contribution is 8.00. The number of benzene rings is 1. The monoisotopic (exact) mass is 395 g/mol. The summed E-state index contributed by atoms with van der Waals surface area (Å²) in [6, 6.07) is 11.8. The second kappa shape index (κ2) is 8.14. The highest BCUT2D eigenvalue weighted by atomic mass is 32.2. The van der Waals surface area contributed by atoms with Crippen molar-refractivity contribution in [2.24, 2.45) is 7.05 Å². The molecule has 0 aliphatic rings. The summed E-state index contributed by atoms with van der Waals surface area (Å²) in [5.41, 5.74) is 3.00. The lowest BCUT2D eigenvalue weighted by Crippen LogP contribution is -2.23. The van der Waals surface area contributed by atoms with Crippen LogP contribution in [-0.2, 0) is 17.3 Å². The Kier molecular flexibility index (Phi) is 5.84. The van der Waals surface area contributed by atoms with Crippen LogP contribution in [0.3, 0.4) is 0 Å². The summed E-state index contributed by atoms with van der Waals surface area (Å²) in [7, 11) is 1.89. The van der Waals surface area contributed by atoms with Crippen molar-refractivity contribution < 1.29 is 4.79 Å². The minimum Gasteiger partial charge on any atom is -0.325 e. The highest BCUT2D eigenvalue weighted by Crippen LogP contribution is 2.27. The molecule has 1 amide bonds. The average Bonchev–Trinajstić information content (AvgIpc) is 3.02. The fourth-order valence-electron chi connectivity index (χ4n) is 2.67. The van der Waals surface area contributed by atoms with Crippen LogP contribution in [-0.4, -0.2) is 30.9 Å². The summed E-state index contributed by atoms with van der Waals surface area (Å²) in [6.07, 6.45) is 3.46. The number of hydrogen-bond acceptors (Lipinski definition) is 5. The van der Waals surface area contributed by atoms with Gasteiger partial charge in [-0.1, -0.05) is 44.7 Å². The first kappa shape index (κ1) is 20.1. The Morgan fingerprint density at radius 1 is 1.14 bits per heavy atom. The molecule has 0 saturated heterocycles. The van der Waals surface area contributed by atoms with Gasteiger partial charge in [-0.25, -0.2) is 0 Å². The molecule has 0 fully saturated rings. The molecule has 3 rings (SSSR count). The molecule has 28 heavy (non-hydrogen) atoms. The van der Waals surface area contributed by atoms with E-state index in [2.05, 4.69) is 53.4 Å². The third kappa shape index (κ3) is 4.59. The van der Waals surface area contributed by atoms with Crippen LogP contribution in [0.4, 0.5) is 5.69 Å². The van der Waals surface area contributed by atoms with E-state index in [1.165, 1.54) is 17.3 Å². The van der Waals surface area contributed by atoms with Crippen molar-refractivity contribution in [2.75, 3.05) is 5.32 Å². The first-order valence-electron chi connectivity index (χ1n) is 9.13. The zero-order valence-electron chi connectivity index (χ0n) is 16.8. The van der Waals surface area contributed by atoms with E-state index in [0.717, 1.165) is 17.1 Å². The number of nitrogens with one attached hydrogen (secondary N) is 1. The standard InChI is InChI=1S/C21H25N5OS/c1-14(19(27)23-17-10-8-16(9-11-17)21(2,3)4)28-20-25-24-18(26(20)5)15-7-6-12-22-13-15/h6-14H,1-5H3,(H,23,27). The van der Waals surface area contributed by atoms with Crippen molar-refractivity contribution in [1.29, 1.82) is 0 Å². The van der Waals surface area contributed by atoms with E-state index < -0.39 is 0 Å². The van der Waals surface area contributed by atoms with Crippen LogP contribution in [0.15, 0.2) is 53.9 Å². The van der Waals surface area contributed by atoms with Gasteiger partial charge in [0.25, 0.3) is 0 Å². The molecule has 1 atom stereocenters. The number of anilines is 1. The van der Waals surface area contributed by atoms with Crippen LogP contribution in [0.5, 0.6) is 0 Å². The van der Waals surface area contributed by atoms with Crippen molar-refractivity contribution in [2.45, 2.75) is 43.5 Å². The SMILES string of the molecule is CC(Sc1nnc(-c2cccnc2)n1C)C(=O)Nc1ccc(C(C)(C)C)cc1. The number of aromatic nitrogens is 4. The Morgan fingerprint density at radius 2 is 1.86 bits per heavy atom. The Bertz CT molecular complexity index is 945. The van der Waals surface area contributed by atoms with E-state index >= 15 is 0 Å². The Morgan fingerprint density at radius 3 is 2.46 bits per heavy atom. The van der Waals surface area contributed by atoms with E-state index in [0.29, 0.717) is 5.16 Å². The zero-order chi connectivity index (χ0) is 20.3. The van der Waals surface area contributed by atoms with Crippen LogP contribution < -0.4 is 5.32 Å². The smallest absolute Gasteiger partial charge is 0.237 e. The van der Waals surface area contributed by atoms with Crippen molar-refractivity contribution in [3.63, 3.8) is 0 Å². The van der Waals surface area contributed by atoms with E-state index in [4.69, 9.17) is 0 Å². The van der Waals surface area contributed by atoms with Gasteiger partial charge in [0.15, 0.2) is 11.0 Å². The molecule has 1 unspecified atom stereocenters. The summed E-state index contributed by atoms with van der Waals surface area (Å²) < 4.78 is 1.88. The zero-order valence-corrected chi connectivity index (χ0v) is 17.6. The molecule has 2 aromatic heterocycles. The predicted octanol–water partition coefficient (Wildman–Crippen LogP) is 4.29. The molecule has 0 bridgehead atoms. The molecule has 3 aromatic rings. The molecule has 2 heterocycles. The molecule has 6 nitrogen and oxygen atoms in total. The minimum absolute atomic E-state index is 0.0700. The summed E-state index contributed by atoms with van der Waals surface area (Å²) >= 11 is 1.38. The third-order valence-corrected chi connectivity index (χ3v) is 5.56. The number of rotatable bonds is 5. The van der Waals surface area contributed by atoms with Gasteiger partial charge in [-0.3, -0.25) is 9.78 Å². The molecule has 1 aromatic carbocycles. The maximum absolute atomic E-state index is 12.6. The molecule has 0 radical (unpaired) electrons. The third-order valence-electron chi connectivity index (χ3n) is 4.42. The first-order valence-corrected chi connectivity index (χ1v) is 10.0. The van der Waals surface area contributed by atoms with Crippen LogP contribution >= 0.6 is 11.8 Å². The fraction of sp³-hybridized carbons (Fsp3) is 0.333. The molecule has 0 saturated carbocycles. The normalized spacial score (nSPS) is 12.6. The number of nitrogens with zero attached hydrogens (tertiary/aromatic N) is 4. The Labute approximate surface area is 169 Å². The number of hydrogen-bond donors (Lipinski definition) is 1.